The van der Waals surface area contributed by atoms with Crippen molar-refractivity contribution in [2.75, 3.05) is 6.54 Å². The summed E-state index contributed by atoms with van der Waals surface area (Å²) in [6.07, 6.45) is 49.1. The van der Waals surface area contributed by atoms with Gasteiger partial charge in [0, 0.05) is 55.9 Å². The minimum atomic E-state index is 0.349. The third-order valence-corrected chi connectivity index (χ3v) is 12.2. The molecule has 312 valence electrons. The number of aryl methyl sites for hydroxylation is 2. The van der Waals surface area contributed by atoms with Gasteiger partial charge in [-0.15, -0.1) is 0 Å². The van der Waals surface area contributed by atoms with Crippen molar-refractivity contribution in [1.82, 2.24) is 4.90 Å². The Morgan fingerprint density at radius 1 is 0.456 bits per heavy atom. The summed E-state index contributed by atoms with van der Waals surface area (Å²) in [5.41, 5.74) is 7.81. The zero-order chi connectivity index (χ0) is 40.2. The number of hydrogen-bond acceptors (Lipinski definition) is 1. The quantitative estimate of drug-likeness (QED) is 0.0468. The third kappa shape index (κ3) is 17.5. The molecule has 3 aromatic rings. The van der Waals surface area contributed by atoms with Crippen molar-refractivity contribution in [1.29, 1.82) is 0 Å². The van der Waals surface area contributed by atoms with Gasteiger partial charge in [0.25, 0.3) is 0 Å². The van der Waals surface area contributed by atoms with E-state index in [9.17, 15) is 0 Å². The molecule has 1 aliphatic rings. The highest BCUT2D eigenvalue weighted by Crippen LogP contribution is 2.38. The van der Waals surface area contributed by atoms with E-state index in [2.05, 4.69) is 139 Å². The van der Waals surface area contributed by atoms with E-state index in [1.165, 1.54) is 188 Å². The lowest BCUT2D eigenvalue weighted by Crippen LogP contribution is -2.33. The highest BCUT2D eigenvalue weighted by atomic mass is 15.1. The molecule has 3 heterocycles. The van der Waals surface area contributed by atoms with Crippen LogP contribution in [0.1, 0.15) is 198 Å². The Morgan fingerprint density at radius 3 is 1.28 bits per heavy atom. The van der Waals surface area contributed by atoms with Crippen molar-refractivity contribution in [2.24, 2.45) is 0 Å². The molecule has 0 fully saturated rings. The van der Waals surface area contributed by atoms with E-state index in [4.69, 9.17) is 0 Å². The molecule has 1 aromatic carbocycles. The van der Waals surface area contributed by atoms with Crippen molar-refractivity contribution in [3.63, 3.8) is 0 Å². The maximum atomic E-state index is 2.56. The summed E-state index contributed by atoms with van der Waals surface area (Å²) in [6, 6.07) is 21.0. The SMILES string of the molecule is CCCCCCCCCCN1C=CC(/C(=C(\c2ccccc2)c2cc[n+](CCCCCCCCCC)cc2)c2cc[n+](CCCCCCCCCC)cc2)=CC1C. The van der Waals surface area contributed by atoms with Crippen LogP contribution in [0.3, 0.4) is 0 Å². The van der Waals surface area contributed by atoms with Crippen molar-refractivity contribution in [2.45, 2.75) is 201 Å². The number of allylic oxidation sites excluding steroid dienone is 3. The first-order valence-electron chi connectivity index (χ1n) is 24.1. The molecule has 0 saturated heterocycles. The average molecular weight is 774 g/mol. The van der Waals surface area contributed by atoms with Crippen LogP contribution in [-0.2, 0) is 13.1 Å². The van der Waals surface area contributed by atoms with Gasteiger partial charge in [0.2, 0.25) is 0 Å². The van der Waals surface area contributed by atoms with Gasteiger partial charge in [-0.25, -0.2) is 9.13 Å². The van der Waals surface area contributed by atoms with E-state index >= 15 is 0 Å². The van der Waals surface area contributed by atoms with Gasteiger partial charge in [-0.1, -0.05) is 179 Å². The van der Waals surface area contributed by atoms with Gasteiger partial charge in [0.1, 0.15) is 13.1 Å². The minimum absolute atomic E-state index is 0.349. The molecule has 4 rings (SSSR count). The molecule has 1 unspecified atom stereocenters. The molecule has 3 nitrogen and oxygen atoms in total. The van der Waals surface area contributed by atoms with Crippen LogP contribution in [-0.4, -0.2) is 17.5 Å². The molecule has 57 heavy (non-hydrogen) atoms. The molecular formula is C54H83N3+2. The lowest BCUT2D eigenvalue weighted by atomic mass is 9.84. The van der Waals surface area contributed by atoms with Crippen LogP contribution >= 0.6 is 0 Å². The number of rotatable bonds is 31. The number of benzene rings is 1. The molecule has 0 amide bonds. The van der Waals surface area contributed by atoms with Gasteiger partial charge >= 0.3 is 0 Å². The molecule has 0 bridgehead atoms. The fourth-order valence-electron chi connectivity index (χ4n) is 8.51. The molecule has 0 aliphatic carbocycles. The summed E-state index contributed by atoms with van der Waals surface area (Å²) in [7, 11) is 0. The Labute approximate surface area is 351 Å². The average Bonchev–Trinajstić information content (AvgIpc) is 3.24. The molecule has 0 radical (unpaired) electrons. The standard InChI is InChI=1S/C54H83N3/c1-5-8-11-14-17-20-23-29-39-55-42-34-50(35-43-55)53(49-32-27-26-28-33-49)54(51-36-44-56(45-37-51)40-30-24-21-18-15-12-9-6-2)52-38-46-57(48(4)47-52)41-31-25-22-19-16-13-10-7-3/h26-28,32-38,42-48H,5-25,29-31,39-41H2,1-4H3/q+2/b54-53+. The van der Waals surface area contributed by atoms with Crippen molar-refractivity contribution >= 4 is 11.1 Å². The first kappa shape index (κ1) is 46.2. The summed E-state index contributed by atoms with van der Waals surface area (Å²) in [5, 5.41) is 0. The molecule has 3 heteroatoms. The fraction of sp³-hybridized carbons (Fsp3) is 0.593. The van der Waals surface area contributed by atoms with Gasteiger partial charge in [0.15, 0.2) is 24.8 Å². The van der Waals surface area contributed by atoms with Crippen molar-refractivity contribution in [3.05, 3.63) is 120 Å². The lowest BCUT2D eigenvalue weighted by Gasteiger charge is -2.31. The monoisotopic (exact) mass is 774 g/mol. The zero-order valence-electron chi connectivity index (χ0n) is 37.2. The van der Waals surface area contributed by atoms with Crippen LogP contribution in [0, 0.1) is 0 Å². The van der Waals surface area contributed by atoms with E-state index in [1.807, 2.05) is 0 Å². The Bertz CT molecular complexity index is 1550. The fourth-order valence-corrected chi connectivity index (χ4v) is 8.51. The number of aromatic nitrogens is 2. The highest BCUT2D eigenvalue weighted by Gasteiger charge is 2.22. The van der Waals surface area contributed by atoms with Crippen LogP contribution in [0.4, 0.5) is 0 Å². The van der Waals surface area contributed by atoms with Crippen molar-refractivity contribution in [3.8, 4) is 0 Å². The molecular weight excluding hydrogens is 691 g/mol. The van der Waals surface area contributed by atoms with Crippen LogP contribution in [0.15, 0.2) is 103 Å². The third-order valence-electron chi connectivity index (χ3n) is 12.2. The van der Waals surface area contributed by atoms with Gasteiger partial charge in [-0.2, -0.15) is 0 Å². The highest BCUT2D eigenvalue weighted by molar-refractivity contribution is 6.05. The normalized spacial score (nSPS) is 14.6. The summed E-state index contributed by atoms with van der Waals surface area (Å²) in [5.74, 6) is 0. The molecule has 1 atom stereocenters. The van der Waals surface area contributed by atoms with E-state index in [0.29, 0.717) is 6.04 Å². The second-order valence-electron chi connectivity index (χ2n) is 17.1. The summed E-state index contributed by atoms with van der Waals surface area (Å²) >= 11 is 0. The Balaban J connectivity index is 1.54. The zero-order valence-corrected chi connectivity index (χ0v) is 37.2. The van der Waals surface area contributed by atoms with Gasteiger partial charge < -0.3 is 4.90 Å². The van der Waals surface area contributed by atoms with Crippen LogP contribution in [0.5, 0.6) is 0 Å². The lowest BCUT2D eigenvalue weighted by molar-refractivity contribution is -0.697. The Morgan fingerprint density at radius 2 is 0.842 bits per heavy atom. The second-order valence-corrected chi connectivity index (χ2v) is 17.1. The number of unbranched alkanes of at least 4 members (excludes halogenated alkanes) is 21. The smallest absolute Gasteiger partial charge is 0.169 e. The van der Waals surface area contributed by atoms with Gasteiger partial charge in [0.05, 0.1) is 0 Å². The van der Waals surface area contributed by atoms with E-state index in [0.717, 1.165) is 19.6 Å². The maximum absolute atomic E-state index is 2.56. The molecule has 0 spiro atoms. The van der Waals surface area contributed by atoms with Crippen LogP contribution < -0.4 is 9.13 Å². The predicted octanol–water partition coefficient (Wildman–Crippen LogP) is 14.8. The Hall–Kier alpha value is -3.46. The predicted molar refractivity (Wildman–Crippen MR) is 247 cm³/mol. The number of pyridine rings is 2. The molecule has 1 aliphatic heterocycles. The van der Waals surface area contributed by atoms with E-state index < -0.39 is 0 Å². The Kier molecular flexibility index (Phi) is 23.4. The van der Waals surface area contributed by atoms with Crippen molar-refractivity contribution < 1.29 is 9.13 Å². The summed E-state index contributed by atoms with van der Waals surface area (Å²) in [6.45, 7) is 12.6. The second kappa shape index (κ2) is 28.9. The first-order valence-corrected chi connectivity index (χ1v) is 24.1. The number of nitrogens with zero attached hydrogens (tertiary/aromatic N) is 3. The van der Waals surface area contributed by atoms with Gasteiger partial charge in [-0.05, 0) is 65.7 Å². The molecule has 0 saturated carbocycles. The summed E-state index contributed by atoms with van der Waals surface area (Å²) < 4.78 is 4.79. The maximum Gasteiger partial charge on any atom is 0.169 e. The van der Waals surface area contributed by atoms with E-state index in [-0.39, 0.29) is 0 Å². The van der Waals surface area contributed by atoms with E-state index in [1.54, 1.807) is 0 Å². The topological polar surface area (TPSA) is 11.0 Å². The van der Waals surface area contributed by atoms with Crippen LogP contribution in [0.25, 0.3) is 11.1 Å². The first-order chi connectivity index (χ1) is 28.1. The minimum Gasteiger partial charge on any atom is -0.371 e. The van der Waals surface area contributed by atoms with Crippen LogP contribution in [0.2, 0.25) is 0 Å². The largest absolute Gasteiger partial charge is 0.371 e. The molecule has 0 N–H and O–H groups in total. The number of hydrogen-bond donors (Lipinski definition) is 0. The van der Waals surface area contributed by atoms with Gasteiger partial charge in [-0.3, -0.25) is 0 Å². The molecule has 2 aromatic heterocycles. The summed E-state index contributed by atoms with van der Waals surface area (Å²) in [4.78, 5) is 2.56.